The lowest BCUT2D eigenvalue weighted by molar-refractivity contribution is -0.123. The Morgan fingerprint density at radius 2 is 1.62 bits per heavy atom. The predicted molar refractivity (Wildman–Crippen MR) is 137 cm³/mol. The van der Waals surface area contributed by atoms with Crippen LogP contribution in [0.2, 0.25) is 0 Å². The molecule has 1 atom stereocenters. The molecule has 3 amide bonds. The van der Waals surface area contributed by atoms with E-state index in [2.05, 4.69) is 16.0 Å². The minimum Gasteiger partial charge on any atom is -0.508 e. The predicted octanol–water partition coefficient (Wildman–Crippen LogP) is 3.22. The fraction of sp³-hybridized carbons (Fsp3) is 0.407. The summed E-state index contributed by atoms with van der Waals surface area (Å²) >= 11 is 0. The molecule has 0 aliphatic heterocycles. The lowest BCUT2D eigenvalue weighted by atomic mass is 10.1. The number of carbonyl (C=O) groups excluding carboxylic acids is 4. The highest BCUT2D eigenvalue weighted by Gasteiger charge is 2.24. The van der Waals surface area contributed by atoms with E-state index in [4.69, 9.17) is 9.47 Å². The number of hydrogen-bond donors (Lipinski definition) is 4. The van der Waals surface area contributed by atoms with Gasteiger partial charge in [-0.1, -0.05) is 42.5 Å². The topological polar surface area (TPSA) is 143 Å². The van der Waals surface area contributed by atoms with Gasteiger partial charge in [-0.2, -0.15) is 0 Å². The average molecular weight is 514 g/mol. The van der Waals surface area contributed by atoms with Gasteiger partial charge in [0.15, 0.2) is 0 Å². The molecule has 2 aromatic carbocycles. The maximum Gasteiger partial charge on any atom is 0.408 e. The van der Waals surface area contributed by atoms with Crippen LogP contribution in [-0.2, 0) is 32.1 Å². The fourth-order valence-electron chi connectivity index (χ4n) is 3.22. The van der Waals surface area contributed by atoms with Gasteiger partial charge in [0, 0.05) is 19.4 Å². The van der Waals surface area contributed by atoms with Crippen LogP contribution < -0.4 is 16.0 Å². The number of Topliss-reactive ketones (excluding diaryl/α,β-unsaturated/α-hetero) is 1. The van der Waals surface area contributed by atoms with Crippen LogP contribution in [0.25, 0.3) is 0 Å². The summed E-state index contributed by atoms with van der Waals surface area (Å²) in [5.74, 6) is -0.489. The first-order chi connectivity index (χ1) is 17.5. The summed E-state index contributed by atoms with van der Waals surface area (Å²) in [7, 11) is 0. The van der Waals surface area contributed by atoms with Crippen LogP contribution in [0.1, 0.15) is 44.7 Å². The SMILES string of the molecule is CC(C)(C)OC(=O)NCC(NC(=O)OCc1ccccc1)C(=O)NCCCC(=O)Cc1cccc(O)c1. The first-order valence-corrected chi connectivity index (χ1v) is 12.0. The van der Waals surface area contributed by atoms with Gasteiger partial charge in [0.05, 0.1) is 6.54 Å². The second-order valence-corrected chi connectivity index (χ2v) is 9.42. The molecule has 0 bridgehead atoms. The van der Waals surface area contributed by atoms with Crippen molar-refractivity contribution in [1.82, 2.24) is 16.0 Å². The summed E-state index contributed by atoms with van der Waals surface area (Å²) in [6.07, 6.45) is -0.768. The highest BCUT2D eigenvalue weighted by Crippen LogP contribution is 2.12. The molecule has 4 N–H and O–H groups in total. The molecule has 10 heteroatoms. The highest BCUT2D eigenvalue weighted by atomic mass is 16.6. The van der Waals surface area contributed by atoms with Crippen molar-refractivity contribution in [1.29, 1.82) is 0 Å². The Hall–Kier alpha value is -4.08. The number of phenolic OH excluding ortho intramolecular Hbond substituents is 1. The standard InChI is InChI=1S/C27H35N3O7/c1-27(2,3)37-25(34)29-17-23(30-26(35)36-18-19-9-5-4-6-10-19)24(33)28-14-8-13-22(32)16-20-11-7-12-21(31)15-20/h4-7,9-12,15,23,31H,8,13-14,16-18H2,1-3H3,(H,28,33)(H,29,34)(H,30,35). The van der Waals surface area contributed by atoms with Crippen LogP contribution in [0.3, 0.4) is 0 Å². The van der Waals surface area contributed by atoms with Crippen molar-refractivity contribution in [2.24, 2.45) is 0 Å². The van der Waals surface area contributed by atoms with E-state index in [0.29, 0.717) is 12.0 Å². The Balaban J connectivity index is 1.84. The number of hydrogen-bond acceptors (Lipinski definition) is 7. The molecule has 0 aliphatic rings. The van der Waals surface area contributed by atoms with Gasteiger partial charge in [0.1, 0.15) is 29.8 Å². The average Bonchev–Trinajstić information content (AvgIpc) is 2.82. The molecule has 0 heterocycles. The van der Waals surface area contributed by atoms with E-state index in [1.54, 1.807) is 45.0 Å². The third kappa shape index (κ3) is 12.4. The Bertz CT molecular complexity index is 1050. The van der Waals surface area contributed by atoms with Crippen molar-refractivity contribution in [2.45, 2.75) is 58.3 Å². The monoisotopic (exact) mass is 513 g/mol. The number of phenols is 1. The van der Waals surface area contributed by atoms with Gasteiger partial charge in [-0.05, 0) is 50.5 Å². The molecule has 2 aromatic rings. The normalized spacial score (nSPS) is 11.6. The second-order valence-electron chi connectivity index (χ2n) is 9.42. The maximum absolute atomic E-state index is 12.7. The zero-order valence-electron chi connectivity index (χ0n) is 21.4. The third-order valence-corrected chi connectivity index (χ3v) is 4.91. The number of ketones is 1. The zero-order chi connectivity index (χ0) is 27.3. The summed E-state index contributed by atoms with van der Waals surface area (Å²) in [5.41, 5.74) is 0.760. The lowest BCUT2D eigenvalue weighted by Crippen LogP contribution is -2.53. The van der Waals surface area contributed by atoms with Gasteiger partial charge in [-0.25, -0.2) is 9.59 Å². The van der Waals surface area contributed by atoms with Crippen LogP contribution in [0.5, 0.6) is 5.75 Å². The highest BCUT2D eigenvalue weighted by molar-refractivity contribution is 5.86. The van der Waals surface area contributed by atoms with Gasteiger partial charge in [0.25, 0.3) is 0 Å². The number of benzene rings is 2. The van der Waals surface area contributed by atoms with E-state index < -0.39 is 29.7 Å². The molecule has 1 unspecified atom stereocenters. The lowest BCUT2D eigenvalue weighted by Gasteiger charge is -2.22. The fourth-order valence-corrected chi connectivity index (χ4v) is 3.22. The van der Waals surface area contributed by atoms with E-state index >= 15 is 0 Å². The first kappa shape index (κ1) is 29.2. The van der Waals surface area contributed by atoms with Crippen molar-refractivity contribution < 1.29 is 33.8 Å². The Morgan fingerprint density at radius 3 is 2.30 bits per heavy atom. The quantitative estimate of drug-likeness (QED) is 0.319. The summed E-state index contributed by atoms with van der Waals surface area (Å²) in [6.45, 7) is 5.10. The van der Waals surface area contributed by atoms with Crippen molar-refractivity contribution in [3.63, 3.8) is 0 Å². The van der Waals surface area contributed by atoms with E-state index in [0.717, 1.165) is 5.56 Å². The van der Waals surface area contributed by atoms with E-state index in [1.807, 2.05) is 18.2 Å². The van der Waals surface area contributed by atoms with Crippen molar-refractivity contribution in [2.75, 3.05) is 13.1 Å². The molecular weight excluding hydrogens is 478 g/mol. The molecule has 37 heavy (non-hydrogen) atoms. The third-order valence-electron chi connectivity index (χ3n) is 4.91. The summed E-state index contributed by atoms with van der Waals surface area (Å²) in [6, 6.07) is 14.4. The number of amides is 3. The largest absolute Gasteiger partial charge is 0.508 e. The second kappa shape index (κ2) is 14.5. The van der Waals surface area contributed by atoms with Crippen molar-refractivity contribution in [3.05, 3.63) is 65.7 Å². The summed E-state index contributed by atoms with van der Waals surface area (Å²) in [5, 5.41) is 17.1. The Labute approximate surface area is 216 Å². The van der Waals surface area contributed by atoms with Crippen LogP contribution in [-0.4, -0.2) is 53.7 Å². The van der Waals surface area contributed by atoms with Gasteiger partial charge < -0.3 is 30.5 Å². The van der Waals surface area contributed by atoms with Gasteiger partial charge in [0.2, 0.25) is 5.91 Å². The van der Waals surface area contributed by atoms with Crippen molar-refractivity contribution in [3.8, 4) is 5.75 Å². The minimum atomic E-state index is -1.13. The van der Waals surface area contributed by atoms with E-state index in [9.17, 15) is 24.3 Å². The first-order valence-electron chi connectivity index (χ1n) is 12.0. The molecule has 0 spiro atoms. The van der Waals surface area contributed by atoms with Crippen molar-refractivity contribution >= 4 is 23.9 Å². The number of ether oxygens (including phenoxy) is 2. The molecular formula is C27H35N3O7. The Kier molecular flexibility index (Phi) is 11.4. The van der Waals surface area contributed by atoms with Gasteiger partial charge in [-0.3, -0.25) is 9.59 Å². The number of aromatic hydroxyl groups is 1. The Morgan fingerprint density at radius 1 is 0.919 bits per heavy atom. The number of nitrogens with one attached hydrogen (secondary N) is 3. The molecule has 0 aliphatic carbocycles. The molecule has 0 radical (unpaired) electrons. The number of carbonyl (C=O) groups is 4. The molecule has 10 nitrogen and oxygen atoms in total. The summed E-state index contributed by atoms with van der Waals surface area (Å²) in [4.78, 5) is 49.3. The van der Waals surface area contributed by atoms with E-state index in [1.165, 1.54) is 12.1 Å². The minimum absolute atomic E-state index is 0.0157. The van der Waals surface area contributed by atoms with Gasteiger partial charge in [-0.15, -0.1) is 0 Å². The maximum atomic E-state index is 12.7. The smallest absolute Gasteiger partial charge is 0.408 e. The van der Waals surface area contributed by atoms with Crippen LogP contribution in [0, 0.1) is 0 Å². The molecule has 0 fully saturated rings. The number of alkyl carbamates (subject to hydrolysis) is 2. The molecule has 200 valence electrons. The van der Waals surface area contributed by atoms with Crippen LogP contribution in [0.4, 0.5) is 9.59 Å². The van der Waals surface area contributed by atoms with Crippen LogP contribution >= 0.6 is 0 Å². The molecule has 0 saturated carbocycles. The molecule has 2 rings (SSSR count). The van der Waals surface area contributed by atoms with Crippen LogP contribution in [0.15, 0.2) is 54.6 Å². The molecule has 0 aromatic heterocycles. The number of rotatable bonds is 12. The van der Waals surface area contributed by atoms with Gasteiger partial charge >= 0.3 is 12.2 Å². The zero-order valence-corrected chi connectivity index (χ0v) is 21.4. The molecule has 0 saturated heterocycles. The summed E-state index contributed by atoms with van der Waals surface area (Å²) < 4.78 is 10.4. The van der Waals surface area contributed by atoms with E-state index in [-0.39, 0.29) is 44.1 Å².